The van der Waals surface area contributed by atoms with Crippen LogP contribution < -0.4 is 10.5 Å². The van der Waals surface area contributed by atoms with E-state index in [0.717, 1.165) is 0 Å². The van der Waals surface area contributed by atoms with Gasteiger partial charge in [0.15, 0.2) is 5.03 Å². The van der Waals surface area contributed by atoms with Crippen LogP contribution in [-0.2, 0) is 17.1 Å². The fourth-order valence-corrected chi connectivity index (χ4v) is 3.32. The summed E-state index contributed by atoms with van der Waals surface area (Å²) in [7, 11) is -2.08. The van der Waals surface area contributed by atoms with Crippen molar-refractivity contribution < 1.29 is 8.42 Å². The van der Waals surface area contributed by atoms with Gasteiger partial charge in [-0.05, 0) is 25.1 Å². The maximum Gasteiger partial charge on any atom is 0.280 e. The summed E-state index contributed by atoms with van der Waals surface area (Å²) < 4.78 is 29.5. The molecule has 2 aromatic rings. The lowest BCUT2D eigenvalue weighted by molar-refractivity contribution is 0.598. The zero-order chi connectivity index (χ0) is 15.8. The van der Waals surface area contributed by atoms with Crippen molar-refractivity contribution in [2.24, 2.45) is 12.8 Å². The molecule has 0 atom stereocenters. The summed E-state index contributed by atoms with van der Waals surface area (Å²) in [5.41, 5.74) is 6.37. The molecule has 0 fully saturated rings. The molecule has 3 N–H and O–H groups in total. The van der Waals surface area contributed by atoms with Gasteiger partial charge >= 0.3 is 0 Å². The summed E-state index contributed by atoms with van der Waals surface area (Å²) in [6, 6.07) is 4.98. The zero-order valence-corrected chi connectivity index (χ0v) is 14.5. The van der Waals surface area contributed by atoms with Gasteiger partial charge in [0.05, 0.1) is 5.69 Å². The van der Waals surface area contributed by atoms with E-state index in [9.17, 15) is 8.42 Å². The SMILES string of the molecule is Cc1nc(S(=O)(=O)Nc2cc(Br)ccc2C(N)=S)cn1C. The number of aromatic nitrogens is 2. The first-order valence-electron chi connectivity index (χ1n) is 5.83. The number of anilines is 1. The highest BCUT2D eigenvalue weighted by molar-refractivity contribution is 9.10. The van der Waals surface area contributed by atoms with E-state index >= 15 is 0 Å². The summed E-state index contributed by atoms with van der Waals surface area (Å²) in [5, 5.41) is -0.0589. The van der Waals surface area contributed by atoms with E-state index in [1.165, 1.54) is 6.20 Å². The molecule has 0 unspecified atom stereocenters. The molecule has 0 aliphatic carbocycles. The van der Waals surface area contributed by atoms with Gasteiger partial charge in [-0.2, -0.15) is 8.42 Å². The Hall–Kier alpha value is -1.45. The Bertz CT molecular complexity index is 795. The van der Waals surface area contributed by atoms with Gasteiger partial charge in [0.1, 0.15) is 10.8 Å². The molecular formula is C12H13BrN4O2S2. The van der Waals surface area contributed by atoms with E-state index in [1.54, 1.807) is 36.7 Å². The number of sulfonamides is 1. The first-order chi connectivity index (χ1) is 9.70. The first-order valence-corrected chi connectivity index (χ1v) is 8.51. The molecule has 2 rings (SSSR count). The number of hydrogen-bond donors (Lipinski definition) is 2. The number of nitrogens with one attached hydrogen (secondary N) is 1. The van der Waals surface area contributed by atoms with E-state index in [2.05, 4.69) is 25.6 Å². The molecule has 0 aliphatic heterocycles. The van der Waals surface area contributed by atoms with Crippen molar-refractivity contribution in [2.75, 3.05) is 4.72 Å². The number of aryl methyl sites for hydroxylation is 2. The van der Waals surface area contributed by atoms with Crippen molar-refractivity contribution in [3.05, 3.63) is 40.3 Å². The van der Waals surface area contributed by atoms with Gasteiger partial charge in [0, 0.05) is 23.3 Å². The molecule has 1 aromatic heterocycles. The smallest absolute Gasteiger partial charge is 0.280 e. The van der Waals surface area contributed by atoms with Crippen molar-refractivity contribution in [1.82, 2.24) is 9.55 Å². The van der Waals surface area contributed by atoms with E-state index in [1.807, 2.05) is 0 Å². The van der Waals surface area contributed by atoms with Crippen molar-refractivity contribution in [3.8, 4) is 0 Å². The molecule has 1 aromatic carbocycles. The van der Waals surface area contributed by atoms with Crippen LogP contribution in [0.3, 0.4) is 0 Å². The Morgan fingerprint density at radius 1 is 1.48 bits per heavy atom. The molecule has 1 heterocycles. The number of halogens is 1. The predicted molar refractivity (Wildman–Crippen MR) is 88.8 cm³/mol. The third kappa shape index (κ3) is 3.42. The topological polar surface area (TPSA) is 90.0 Å². The molecule has 21 heavy (non-hydrogen) atoms. The summed E-state index contributed by atoms with van der Waals surface area (Å²) in [4.78, 5) is 4.12. The fraction of sp³-hybridized carbons (Fsp3) is 0.167. The molecule has 0 radical (unpaired) electrons. The second kappa shape index (κ2) is 5.74. The highest BCUT2D eigenvalue weighted by Crippen LogP contribution is 2.24. The van der Waals surface area contributed by atoms with Crippen LogP contribution in [0.15, 0.2) is 33.9 Å². The minimum atomic E-state index is -3.81. The van der Waals surface area contributed by atoms with E-state index in [0.29, 0.717) is 21.5 Å². The van der Waals surface area contributed by atoms with Gasteiger partial charge in [-0.15, -0.1) is 0 Å². The monoisotopic (exact) mass is 388 g/mol. The quantitative estimate of drug-likeness (QED) is 0.780. The Morgan fingerprint density at radius 2 is 2.14 bits per heavy atom. The number of thiocarbonyl (C=S) groups is 1. The van der Waals surface area contributed by atoms with Gasteiger partial charge in [-0.25, -0.2) is 4.98 Å². The number of nitrogens with two attached hydrogens (primary N) is 1. The average Bonchev–Trinajstić information content (AvgIpc) is 2.69. The molecule has 0 saturated carbocycles. The second-order valence-electron chi connectivity index (χ2n) is 4.40. The Labute approximate surface area is 136 Å². The van der Waals surface area contributed by atoms with Crippen molar-refractivity contribution in [1.29, 1.82) is 0 Å². The number of nitrogens with zero attached hydrogens (tertiary/aromatic N) is 2. The van der Waals surface area contributed by atoms with Gasteiger partial charge in [0.25, 0.3) is 10.0 Å². The van der Waals surface area contributed by atoms with Crippen LogP contribution in [0, 0.1) is 6.92 Å². The lowest BCUT2D eigenvalue weighted by Gasteiger charge is -2.11. The van der Waals surface area contributed by atoms with Crippen LogP contribution in [0.1, 0.15) is 11.4 Å². The van der Waals surface area contributed by atoms with Crippen LogP contribution in [-0.4, -0.2) is 23.0 Å². The van der Waals surface area contributed by atoms with E-state index in [4.69, 9.17) is 18.0 Å². The Balaban J connectivity index is 2.45. The molecule has 0 saturated heterocycles. The largest absolute Gasteiger partial charge is 0.389 e. The van der Waals surface area contributed by atoms with Gasteiger partial charge in [-0.1, -0.05) is 28.1 Å². The molecule has 9 heteroatoms. The third-order valence-corrected chi connectivity index (χ3v) is 4.80. The third-order valence-electron chi connectivity index (χ3n) is 2.85. The average molecular weight is 389 g/mol. The highest BCUT2D eigenvalue weighted by atomic mass is 79.9. The zero-order valence-electron chi connectivity index (χ0n) is 11.3. The molecule has 0 spiro atoms. The van der Waals surface area contributed by atoms with Crippen LogP contribution >= 0.6 is 28.1 Å². The Kier molecular flexibility index (Phi) is 4.35. The predicted octanol–water partition coefficient (Wildman–Crippen LogP) is 1.93. The number of imidazole rings is 1. The number of rotatable bonds is 4. The molecule has 112 valence electrons. The highest BCUT2D eigenvalue weighted by Gasteiger charge is 2.20. The van der Waals surface area contributed by atoms with Gasteiger partial charge < -0.3 is 10.3 Å². The minimum absolute atomic E-state index is 0.0589. The van der Waals surface area contributed by atoms with Crippen LogP contribution in [0.2, 0.25) is 0 Å². The van der Waals surface area contributed by atoms with Crippen LogP contribution in [0.25, 0.3) is 0 Å². The van der Waals surface area contributed by atoms with Crippen LogP contribution in [0.4, 0.5) is 5.69 Å². The van der Waals surface area contributed by atoms with Crippen molar-refractivity contribution in [3.63, 3.8) is 0 Å². The lowest BCUT2D eigenvalue weighted by Crippen LogP contribution is -2.18. The summed E-state index contributed by atoms with van der Waals surface area (Å²) >= 11 is 8.22. The maximum absolute atomic E-state index is 12.4. The summed E-state index contributed by atoms with van der Waals surface area (Å²) in [6.07, 6.45) is 1.44. The van der Waals surface area contributed by atoms with E-state index < -0.39 is 10.0 Å². The summed E-state index contributed by atoms with van der Waals surface area (Å²) in [6.45, 7) is 1.72. The van der Waals surface area contributed by atoms with Crippen molar-refractivity contribution in [2.45, 2.75) is 11.9 Å². The summed E-state index contributed by atoms with van der Waals surface area (Å²) in [5.74, 6) is 0.596. The number of hydrogen-bond acceptors (Lipinski definition) is 4. The second-order valence-corrected chi connectivity index (χ2v) is 7.38. The molecule has 6 nitrogen and oxygen atoms in total. The lowest BCUT2D eigenvalue weighted by atomic mass is 10.2. The van der Waals surface area contributed by atoms with Crippen molar-refractivity contribution >= 4 is 48.8 Å². The van der Waals surface area contributed by atoms with E-state index in [-0.39, 0.29) is 10.0 Å². The van der Waals surface area contributed by atoms with Crippen LogP contribution in [0.5, 0.6) is 0 Å². The van der Waals surface area contributed by atoms with Gasteiger partial charge in [0.2, 0.25) is 0 Å². The first kappa shape index (κ1) is 15.9. The van der Waals surface area contributed by atoms with Gasteiger partial charge in [-0.3, -0.25) is 4.72 Å². The molecule has 0 aliphatic rings. The number of benzene rings is 1. The Morgan fingerprint density at radius 3 is 2.67 bits per heavy atom. The normalized spacial score (nSPS) is 11.4. The minimum Gasteiger partial charge on any atom is -0.389 e. The fourth-order valence-electron chi connectivity index (χ4n) is 1.67. The molecule has 0 amide bonds. The maximum atomic E-state index is 12.4. The molecular weight excluding hydrogens is 376 g/mol. The standard InChI is InChI=1S/C12H13BrN4O2S2/c1-7-15-11(6-17(7)2)21(18,19)16-10-5-8(13)3-4-9(10)12(14)20/h3-6,16H,1-2H3,(H2,14,20). The molecule has 0 bridgehead atoms.